The molecule has 10 heteroatoms. The molecule has 0 aromatic carbocycles. The smallest absolute Gasteiger partial charge is 0.341 e. The lowest BCUT2D eigenvalue weighted by atomic mass is 10.1. The van der Waals surface area contributed by atoms with E-state index in [4.69, 9.17) is 14.6 Å². The van der Waals surface area contributed by atoms with Crippen LogP contribution in [0.5, 0.6) is 0 Å². The molecule has 1 aromatic heterocycles. The van der Waals surface area contributed by atoms with Gasteiger partial charge in [-0.15, -0.1) is 11.3 Å². The zero-order valence-corrected chi connectivity index (χ0v) is 15.6. The van der Waals surface area contributed by atoms with E-state index in [1.165, 1.54) is 23.5 Å². The zero-order chi connectivity index (χ0) is 19.4. The Morgan fingerprint density at radius 3 is 2.54 bits per heavy atom. The van der Waals surface area contributed by atoms with E-state index in [-0.39, 0.29) is 18.2 Å². The fourth-order valence-corrected chi connectivity index (χ4v) is 4.19. The highest BCUT2D eigenvalue weighted by Crippen LogP contribution is 2.39. The van der Waals surface area contributed by atoms with Crippen LogP contribution in [0, 0.1) is 0 Å². The van der Waals surface area contributed by atoms with Gasteiger partial charge in [0.1, 0.15) is 11.0 Å². The minimum atomic E-state index is -0.833. The van der Waals surface area contributed by atoms with Crippen LogP contribution in [-0.2, 0) is 32.0 Å². The van der Waals surface area contributed by atoms with Crippen LogP contribution < -0.4 is 10.7 Å². The molecule has 3 N–H and O–H groups in total. The van der Waals surface area contributed by atoms with Gasteiger partial charge in [0.25, 0.3) is 5.97 Å². The molecule has 1 fully saturated rings. The number of aryl methyl sites for hydroxylation is 1. The van der Waals surface area contributed by atoms with Crippen molar-refractivity contribution in [2.45, 2.75) is 38.6 Å². The van der Waals surface area contributed by atoms with Gasteiger partial charge in [0, 0.05) is 18.8 Å². The van der Waals surface area contributed by atoms with Crippen molar-refractivity contribution in [3.63, 3.8) is 0 Å². The average Bonchev–Trinajstić information content (AvgIpc) is 3.20. The van der Waals surface area contributed by atoms with Crippen LogP contribution in [0.15, 0.2) is 0 Å². The number of nitrogens with zero attached hydrogens (tertiary/aromatic N) is 1. The largest absolute Gasteiger partial charge is 0.481 e. The second-order valence-corrected chi connectivity index (χ2v) is 7.03. The summed E-state index contributed by atoms with van der Waals surface area (Å²) in [7, 11) is 2.98. The highest BCUT2D eigenvalue weighted by molar-refractivity contribution is 7.17. The second kappa shape index (κ2) is 8.28. The predicted molar refractivity (Wildman–Crippen MR) is 93.9 cm³/mol. The van der Waals surface area contributed by atoms with E-state index in [2.05, 4.69) is 10.7 Å². The number of hydrogen-bond donors (Lipinski definition) is 3. The summed E-state index contributed by atoms with van der Waals surface area (Å²) in [4.78, 5) is 45.9. The molecule has 2 amide bonds. The van der Waals surface area contributed by atoms with Crippen molar-refractivity contribution < 1.29 is 29.0 Å². The Morgan fingerprint density at radius 2 is 2.00 bits per heavy atom. The van der Waals surface area contributed by atoms with Crippen molar-refractivity contribution in [2.75, 3.05) is 19.5 Å². The van der Waals surface area contributed by atoms with Crippen LogP contribution in [-0.4, -0.2) is 54.1 Å². The molecule has 1 saturated heterocycles. The number of carboxylic acid groups (broad SMARTS) is 1. The molecule has 0 radical (unpaired) electrons. The lowest BCUT2D eigenvalue weighted by Gasteiger charge is -2.17. The zero-order valence-electron chi connectivity index (χ0n) is 14.7. The number of rotatable bonds is 3. The average molecular weight is 383 g/mol. The molecule has 1 aliphatic carbocycles. The van der Waals surface area contributed by atoms with Gasteiger partial charge in [0.15, 0.2) is 0 Å². The van der Waals surface area contributed by atoms with E-state index in [1.807, 2.05) is 0 Å². The first kappa shape index (κ1) is 19.9. The Kier molecular flexibility index (Phi) is 6.32. The van der Waals surface area contributed by atoms with Crippen molar-refractivity contribution in [1.82, 2.24) is 10.4 Å². The number of methoxy groups -OCH3 is 1. The van der Waals surface area contributed by atoms with Gasteiger partial charge in [-0.25, -0.2) is 9.80 Å². The first-order valence-corrected chi connectivity index (χ1v) is 8.81. The summed E-state index contributed by atoms with van der Waals surface area (Å²) in [5, 5.41) is 12.2. The van der Waals surface area contributed by atoms with Gasteiger partial charge < -0.3 is 15.2 Å². The van der Waals surface area contributed by atoms with E-state index in [9.17, 15) is 14.4 Å². The van der Waals surface area contributed by atoms with Crippen molar-refractivity contribution in [1.29, 1.82) is 0 Å². The fourth-order valence-electron chi connectivity index (χ4n) is 2.91. The maximum absolute atomic E-state index is 12.4. The molecule has 26 heavy (non-hydrogen) atoms. The van der Waals surface area contributed by atoms with E-state index >= 15 is 0 Å². The number of esters is 1. The lowest BCUT2D eigenvalue weighted by molar-refractivity contribution is -0.134. The van der Waals surface area contributed by atoms with Crippen molar-refractivity contribution >= 4 is 40.1 Å². The van der Waals surface area contributed by atoms with Gasteiger partial charge >= 0.3 is 5.97 Å². The van der Waals surface area contributed by atoms with Crippen LogP contribution in [0.3, 0.4) is 0 Å². The summed E-state index contributed by atoms with van der Waals surface area (Å²) >= 11 is 1.42. The fraction of sp³-hybridized carbons (Fsp3) is 0.500. The van der Waals surface area contributed by atoms with E-state index in [1.54, 1.807) is 7.05 Å². The maximum atomic E-state index is 12.4. The number of anilines is 1. The first-order chi connectivity index (χ1) is 12.2. The number of carbonyl (C=O) groups is 4. The SMILES string of the molecule is CC(=O)O.COC(=O)c1c(NC(=O)C2CC(=O)NN2C)sc2c1CCC2. The molecule has 0 bridgehead atoms. The molecule has 1 atom stereocenters. The third kappa shape index (κ3) is 4.38. The minimum absolute atomic E-state index is 0.112. The van der Waals surface area contributed by atoms with E-state index in [0.717, 1.165) is 36.6 Å². The number of thiophene rings is 1. The van der Waals surface area contributed by atoms with E-state index < -0.39 is 18.0 Å². The van der Waals surface area contributed by atoms with Crippen LogP contribution in [0.4, 0.5) is 5.00 Å². The molecule has 1 aromatic rings. The molecular weight excluding hydrogens is 362 g/mol. The Bertz CT molecular complexity index is 741. The Balaban J connectivity index is 0.000000552. The third-order valence-electron chi connectivity index (χ3n) is 4.00. The van der Waals surface area contributed by atoms with Crippen LogP contribution in [0.25, 0.3) is 0 Å². The highest BCUT2D eigenvalue weighted by Gasteiger charge is 2.35. The summed E-state index contributed by atoms with van der Waals surface area (Å²) in [5.74, 6) is -1.75. The number of carbonyl (C=O) groups excluding carboxylic acids is 3. The van der Waals surface area contributed by atoms with Gasteiger partial charge in [-0.1, -0.05) is 0 Å². The van der Waals surface area contributed by atoms with E-state index in [0.29, 0.717) is 10.6 Å². The minimum Gasteiger partial charge on any atom is -0.481 e. The number of aliphatic carboxylic acids is 1. The molecule has 142 valence electrons. The quantitative estimate of drug-likeness (QED) is 0.659. The van der Waals surface area contributed by atoms with Crippen molar-refractivity contribution in [3.8, 4) is 0 Å². The Labute approximate surface area is 154 Å². The Morgan fingerprint density at radius 1 is 1.35 bits per heavy atom. The third-order valence-corrected chi connectivity index (χ3v) is 5.20. The van der Waals surface area contributed by atoms with Crippen LogP contribution in [0.2, 0.25) is 0 Å². The number of likely N-dealkylation sites (N-methyl/N-ethyl adjacent to an activating group) is 1. The number of nitrogens with one attached hydrogen (secondary N) is 2. The summed E-state index contributed by atoms with van der Waals surface area (Å²) in [5.41, 5.74) is 4.02. The summed E-state index contributed by atoms with van der Waals surface area (Å²) in [6.07, 6.45) is 2.88. The first-order valence-electron chi connectivity index (χ1n) is 8.00. The molecule has 0 saturated carbocycles. The highest BCUT2D eigenvalue weighted by atomic mass is 32.1. The Hall–Kier alpha value is -2.46. The molecule has 1 unspecified atom stereocenters. The molecule has 0 spiro atoms. The number of hydrogen-bond acceptors (Lipinski definition) is 7. The topological polar surface area (TPSA) is 125 Å². The number of hydrazine groups is 1. The van der Waals surface area contributed by atoms with Gasteiger partial charge in [-0.3, -0.25) is 19.8 Å². The van der Waals surface area contributed by atoms with Crippen molar-refractivity contribution in [2.24, 2.45) is 0 Å². The maximum Gasteiger partial charge on any atom is 0.341 e. The van der Waals surface area contributed by atoms with Gasteiger partial charge in [0.05, 0.1) is 19.1 Å². The normalized spacial score (nSPS) is 18.4. The molecular formula is C16H21N3O6S. The summed E-state index contributed by atoms with van der Waals surface area (Å²) in [6.45, 7) is 1.08. The second-order valence-electron chi connectivity index (χ2n) is 5.93. The monoisotopic (exact) mass is 383 g/mol. The van der Waals surface area contributed by atoms with Crippen LogP contribution >= 0.6 is 11.3 Å². The molecule has 1 aliphatic heterocycles. The number of amides is 2. The van der Waals surface area contributed by atoms with Crippen molar-refractivity contribution in [3.05, 3.63) is 16.0 Å². The number of carboxylic acids is 1. The predicted octanol–water partition coefficient (Wildman–Crippen LogP) is 0.788. The molecule has 2 aliphatic rings. The number of ether oxygens (including phenoxy) is 1. The van der Waals surface area contributed by atoms with Gasteiger partial charge in [-0.2, -0.15) is 0 Å². The van der Waals surface area contributed by atoms with Gasteiger partial charge in [-0.05, 0) is 24.8 Å². The standard InChI is InChI=1S/C14H17N3O4S.C2H4O2/c1-17-8(6-10(18)16-17)12(19)15-13-11(14(20)21-2)7-4-3-5-9(7)22-13;1-2(3)4/h8H,3-6H2,1-2H3,(H,15,19)(H,16,18);1H3,(H,3,4). The van der Waals surface area contributed by atoms with Crippen LogP contribution in [0.1, 0.15) is 40.6 Å². The number of fused-ring (bicyclic) bond motifs is 1. The summed E-state index contributed by atoms with van der Waals surface area (Å²) < 4.78 is 4.85. The summed E-state index contributed by atoms with van der Waals surface area (Å²) in [6, 6.07) is -0.574. The molecule has 3 rings (SSSR count). The molecule has 9 nitrogen and oxygen atoms in total. The van der Waals surface area contributed by atoms with Gasteiger partial charge in [0.2, 0.25) is 11.8 Å². The lowest BCUT2D eigenvalue weighted by Crippen LogP contribution is -2.41. The molecule has 2 heterocycles.